The molecule has 1 aliphatic carbocycles. The molecule has 1 saturated carbocycles. The first kappa shape index (κ1) is 27.5. The minimum atomic E-state index is -0.532. The molecular formula is C28H37N5O5. The average Bonchev–Trinajstić information content (AvgIpc) is 3.74. The topological polar surface area (TPSA) is 105 Å². The Morgan fingerprint density at radius 2 is 1.50 bits per heavy atom. The number of benzene rings is 1. The molecule has 38 heavy (non-hydrogen) atoms. The van der Waals surface area contributed by atoms with E-state index in [9.17, 15) is 14.4 Å². The van der Waals surface area contributed by atoms with Crippen molar-refractivity contribution < 1.29 is 24.0 Å². The lowest BCUT2D eigenvalue weighted by molar-refractivity contribution is -0.0915. The Kier molecular flexibility index (Phi) is 8.30. The summed E-state index contributed by atoms with van der Waals surface area (Å²) in [5.74, 6) is 0.179. The highest BCUT2D eigenvalue weighted by Crippen LogP contribution is 2.33. The predicted octanol–water partition coefficient (Wildman–Crippen LogP) is 4.17. The second-order valence-electron chi connectivity index (χ2n) is 10.7. The minimum absolute atomic E-state index is 0.0632. The van der Waals surface area contributed by atoms with Gasteiger partial charge in [-0.25, -0.2) is 19.8 Å². The maximum absolute atomic E-state index is 13.5. The van der Waals surface area contributed by atoms with Crippen LogP contribution in [0.15, 0.2) is 36.7 Å². The lowest BCUT2D eigenvalue weighted by atomic mass is 10.0. The van der Waals surface area contributed by atoms with Crippen LogP contribution >= 0.6 is 0 Å². The number of hydrogen-bond donors (Lipinski definition) is 0. The molecule has 0 radical (unpaired) electrons. The highest BCUT2D eigenvalue weighted by atomic mass is 16.7. The van der Waals surface area contributed by atoms with Gasteiger partial charge in [-0.1, -0.05) is 12.1 Å². The first-order valence-corrected chi connectivity index (χ1v) is 13.2. The number of amides is 3. The summed E-state index contributed by atoms with van der Waals surface area (Å²) in [6.45, 7) is 8.97. The van der Waals surface area contributed by atoms with E-state index in [1.165, 1.54) is 12.2 Å². The first-order chi connectivity index (χ1) is 18.1. The number of ether oxygens (including phenoxy) is 1. The summed E-state index contributed by atoms with van der Waals surface area (Å²) in [5.41, 5.74) is 1.16. The molecule has 1 saturated heterocycles. The van der Waals surface area contributed by atoms with Crippen LogP contribution < -0.4 is 0 Å². The van der Waals surface area contributed by atoms with Gasteiger partial charge in [0.15, 0.2) is 5.82 Å². The van der Waals surface area contributed by atoms with Gasteiger partial charge < -0.3 is 14.5 Å². The number of nitrogens with zero attached hydrogens (tertiary/aromatic N) is 5. The number of carbonyl (C=O) groups excluding carboxylic acids is 3. The van der Waals surface area contributed by atoms with Crippen molar-refractivity contribution in [3.05, 3.63) is 47.8 Å². The van der Waals surface area contributed by atoms with Gasteiger partial charge in [0.2, 0.25) is 0 Å². The van der Waals surface area contributed by atoms with E-state index in [1.807, 2.05) is 32.6 Å². The van der Waals surface area contributed by atoms with Crippen LogP contribution in [0.25, 0.3) is 11.4 Å². The van der Waals surface area contributed by atoms with Gasteiger partial charge in [0.05, 0.1) is 12.7 Å². The quantitative estimate of drug-likeness (QED) is 0.502. The normalized spacial score (nSPS) is 16.2. The summed E-state index contributed by atoms with van der Waals surface area (Å²) in [5, 5.41) is 1.28. The highest BCUT2D eigenvalue weighted by molar-refractivity contribution is 5.95. The van der Waals surface area contributed by atoms with Crippen molar-refractivity contribution in [2.75, 3.05) is 26.7 Å². The SMILES string of the molecule is CCN(OC)C(=O)c1ccc(-c2ncc(C(=O)N(C3CC3)C3CCN(C(=O)OC(C)(C)C)CC3)cn2)cc1. The molecule has 1 aliphatic heterocycles. The van der Waals surface area contributed by atoms with Gasteiger partial charge in [-0.3, -0.25) is 14.4 Å². The lowest BCUT2D eigenvalue weighted by Gasteiger charge is -2.39. The van der Waals surface area contributed by atoms with Crippen LogP contribution in [0.2, 0.25) is 0 Å². The Labute approximate surface area is 223 Å². The van der Waals surface area contributed by atoms with E-state index in [1.54, 1.807) is 41.6 Å². The summed E-state index contributed by atoms with van der Waals surface area (Å²) in [4.78, 5) is 56.0. The van der Waals surface area contributed by atoms with Crippen molar-refractivity contribution in [1.29, 1.82) is 0 Å². The molecule has 0 atom stereocenters. The van der Waals surface area contributed by atoms with Crippen molar-refractivity contribution in [1.82, 2.24) is 24.8 Å². The van der Waals surface area contributed by atoms with Gasteiger partial charge in [-0.05, 0) is 65.5 Å². The zero-order valence-corrected chi connectivity index (χ0v) is 22.8. The Morgan fingerprint density at radius 3 is 2.00 bits per heavy atom. The summed E-state index contributed by atoms with van der Waals surface area (Å²) in [6, 6.07) is 7.26. The van der Waals surface area contributed by atoms with Crippen molar-refractivity contribution in [2.24, 2.45) is 0 Å². The van der Waals surface area contributed by atoms with Crippen LogP contribution in [0.3, 0.4) is 0 Å². The lowest BCUT2D eigenvalue weighted by Crippen LogP contribution is -2.50. The standard InChI is InChI=1S/C28H37N5O5/c1-6-32(37-5)25(34)20-9-7-19(8-10-20)24-29-17-21(18-30-24)26(35)33(22-11-12-22)23-13-15-31(16-14-23)27(36)38-28(2,3)4/h7-10,17-18,22-23H,6,11-16H2,1-5H3. The Balaban J connectivity index is 1.40. The van der Waals surface area contributed by atoms with Gasteiger partial charge in [0.1, 0.15) is 5.60 Å². The fourth-order valence-electron chi connectivity index (χ4n) is 4.63. The monoisotopic (exact) mass is 523 g/mol. The molecule has 204 valence electrons. The fraction of sp³-hybridized carbons (Fsp3) is 0.536. The first-order valence-electron chi connectivity index (χ1n) is 13.2. The molecule has 2 aromatic rings. The summed E-state index contributed by atoms with van der Waals surface area (Å²) >= 11 is 0. The Bertz CT molecular complexity index is 1130. The summed E-state index contributed by atoms with van der Waals surface area (Å²) in [7, 11) is 1.46. The molecule has 0 bridgehead atoms. The van der Waals surface area contributed by atoms with Crippen LogP contribution in [-0.4, -0.2) is 87.2 Å². The van der Waals surface area contributed by atoms with Crippen molar-refractivity contribution in [3.8, 4) is 11.4 Å². The zero-order chi connectivity index (χ0) is 27.4. The highest BCUT2D eigenvalue weighted by Gasteiger charge is 2.40. The van der Waals surface area contributed by atoms with E-state index < -0.39 is 5.60 Å². The molecule has 2 heterocycles. The van der Waals surface area contributed by atoms with Crippen LogP contribution in [-0.2, 0) is 9.57 Å². The molecule has 1 aromatic carbocycles. The van der Waals surface area contributed by atoms with Crippen molar-refractivity contribution in [2.45, 2.75) is 71.1 Å². The second kappa shape index (κ2) is 11.5. The zero-order valence-electron chi connectivity index (χ0n) is 22.8. The molecule has 2 fully saturated rings. The van der Waals surface area contributed by atoms with E-state index in [0.29, 0.717) is 49.4 Å². The van der Waals surface area contributed by atoms with E-state index in [-0.39, 0.29) is 30.0 Å². The van der Waals surface area contributed by atoms with Gasteiger partial charge in [-0.2, -0.15) is 0 Å². The van der Waals surface area contributed by atoms with Crippen LogP contribution in [0.1, 0.15) is 74.1 Å². The molecule has 3 amide bonds. The molecule has 2 aliphatic rings. The van der Waals surface area contributed by atoms with Crippen LogP contribution in [0.4, 0.5) is 4.79 Å². The molecule has 10 nitrogen and oxygen atoms in total. The van der Waals surface area contributed by atoms with E-state index in [2.05, 4.69) is 9.97 Å². The smallest absolute Gasteiger partial charge is 0.410 e. The summed E-state index contributed by atoms with van der Waals surface area (Å²) < 4.78 is 5.50. The molecule has 4 rings (SSSR count). The third-order valence-electron chi connectivity index (χ3n) is 6.71. The third-order valence-corrected chi connectivity index (χ3v) is 6.71. The van der Waals surface area contributed by atoms with Gasteiger partial charge >= 0.3 is 6.09 Å². The van der Waals surface area contributed by atoms with Crippen molar-refractivity contribution in [3.63, 3.8) is 0 Å². The fourth-order valence-corrected chi connectivity index (χ4v) is 4.63. The molecule has 1 aromatic heterocycles. The minimum Gasteiger partial charge on any atom is -0.444 e. The molecule has 10 heteroatoms. The van der Waals surface area contributed by atoms with Gasteiger partial charge in [0, 0.05) is 55.2 Å². The number of piperidine rings is 1. The third kappa shape index (κ3) is 6.48. The van der Waals surface area contributed by atoms with Gasteiger partial charge in [0.25, 0.3) is 11.8 Å². The molecule has 0 unspecified atom stereocenters. The van der Waals surface area contributed by atoms with E-state index in [4.69, 9.17) is 9.57 Å². The number of likely N-dealkylation sites (tertiary alicyclic amines) is 1. The molecular weight excluding hydrogens is 486 g/mol. The molecule has 0 N–H and O–H groups in total. The van der Waals surface area contributed by atoms with E-state index in [0.717, 1.165) is 18.4 Å². The number of aromatic nitrogens is 2. The van der Waals surface area contributed by atoms with Crippen molar-refractivity contribution >= 4 is 17.9 Å². The van der Waals surface area contributed by atoms with Crippen LogP contribution in [0, 0.1) is 0 Å². The Hall–Kier alpha value is -3.53. The van der Waals surface area contributed by atoms with Gasteiger partial charge in [-0.15, -0.1) is 0 Å². The Morgan fingerprint density at radius 1 is 0.921 bits per heavy atom. The number of hydrogen-bond acceptors (Lipinski definition) is 7. The summed E-state index contributed by atoms with van der Waals surface area (Å²) in [6.07, 6.45) is 6.23. The predicted molar refractivity (Wildman–Crippen MR) is 141 cm³/mol. The maximum Gasteiger partial charge on any atom is 0.410 e. The molecule has 0 spiro atoms. The number of hydroxylamine groups is 2. The average molecular weight is 524 g/mol. The van der Waals surface area contributed by atoms with Crippen LogP contribution in [0.5, 0.6) is 0 Å². The number of carbonyl (C=O) groups is 3. The number of rotatable bonds is 7. The maximum atomic E-state index is 13.5. The largest absolute Gasteiger partial charge is 0.444 e. The second-order valence-corrected chi connectivity index (χ2v) is 10.7. The van der Waals surface area contributed by atoms with E-state index >= 15 is 0 Å².